The van der Waals surface area contributed by atoms with Crippen molar-refractivity contribution >= 4 is 45.9 Å². The van der Waals surface area contributed by atoms with Crippen molar-refractivity contribution in [1.82, 2.24) is 0 Å². The molecule has 330 valence electrons. The third-order valence-electron chi connectivity index (χ3n) is 7.88. The van der Waals surface area contributed by atoms with E-state index in [0.717, 1.165) is 18.2 Å². The second-order valence-electron chi connectivity index (χ2n) is 17.8. The van der Waals surface area contributed by atoms with Crippen molar-refractivity contribution in [2.75, 3.05) is 46.2 Å². The smallest absolute Gasteiger partial charge is 0.338 e. The van der Waals surface area contributed by atoms with Crippen LogP contribution in [0, 0.1) is 21.7 Å². The van der Waals surface area contributed by atoms with E-state index in [1.165, 1.54) is 0 Å². The Balaban J connectivity index is 2.65. The van der Waals surface area contributed by atoms with Crippen LogP contribution in [0.5, 0.6) is 0 Å². The molecule has 1 aromatic rings. The van der Waals surface area contributed by atoms with E-state index in [-0.39, 0.29) is 87.8 Å². The molecular formula is C40H62O17S. The predicted octanol–water partition coefficient (Wildman–Crippen LogP) is 6.15. The summed E-state index contributed by atoms with van der Waals surface area (Å²) in [4.78, 5) is 77.8. The van der Waals surface area contributed by atoms with Crippen LogP contribution in [0.2, 0.25) is 0 Å². The van der Waals surface area contributed by atoms with Gasteiger partial charge in [0.2, 0.25) is 0 Å². The first-order chi connectivity index (χ1) is 26.6. The zero-order chi connectivity index (χ0) is 44.4. The summed E-state index contributed by atoms with van der Waals surface area (Å²) >= 11 is 0. The summed E-state index contributed by atoms with van der Waals surface area (Å²) < 4.78 is 65.5. The van der Waals surface area contributed by atoms with Gasteiger partial charge < -0.3 is 28.4 Å². The Morgan fingerprint density at radius 1 is 0.483 bits per heavy atom. The number of esters is 6. The van der Waals surface area contributed by atoms with Gasteiger partial charge in [-0.1, -0.05) is 62.3 Å². The first-order valence-corrected chi connectivity index (χ1v) is 20.4. The Labute approximate surface area is 341 Å². The highest BCUT2D eigenvalue weighted by Gasteiger charge is 2.28. The van der Waals surface area contributed by atoms with Gasteiger partial charge in [-0.3, -0.25) is 29.0 Å². The van der Waals surface area contributed by atoms with Gasteiger partial charge in [-0.25, -0.2) is 14.5 Å². The predicted molar refractivity (Wildman–Crippen MR) is 207 cm³/mol. The van der Waals surface area contributed by atoms with Gasteiger partial charge in [-0.05, 0) is 49.3 Å². The molecular weight excluding hydrogens is 784 g/mol. The molecule has 0 spiro atoms. The van der Waals surface area contributed by atoms with Gasteiger partial charge in [0.25, 0.3) is 10.1 Å². The van der Waals surface area contributed by atoms with E-state index >= 15 is 0 Å². The number of ether oxygens (including phenoxy) is 6. The molecule has 0 fully saturated rings. The summed E-state index contributed by atoms with van der Waals surface area (Å²) in [5, 5.41) is 8.58. The number of unbranched alkanes of at least 4 members (excludes halogenated alkanes) is 2. The minimum absolute atomic E-state index is 0.00661. The second-order valence-corrected chi connectivity index (χ2v) is 19.2. The molecule has 2 N–H and O–H groups in total. The van der Waals surface area contributed by atoms with E-state index in [0.29, 0.717) is 32.3 Å². The van der Waals surface area contributed by atoms with Crippen LogP contribution < -0.4 is 0 Å². The maximum atomic E-state index is 13.0. The van der Waals surface area contributed by atoms with Crippen LogP contribution in [-0.4, -0.2) is 100 Å². The lowest BCUT2D eigenvalue weighted by Gasteiger charge is -2.24. The van der Waals surface area contributed by atoms with Crippen LogP contribution in [-0.2, 0) is 62.6 Å². The Kier molecular flexibility index (Phi) is 21.0. The molecule has 1 aromatic carbocycles. The number of carbonyl (C=O) groups is 6. The van der Waals surface area contributed by atoms with Crippen LogP contribution in [0.4, 0.5) is 0 Å². The lowest BCUT2D eigenvalue weighted by molar-refractivity contribution is -0.262. The highest BCUT2D eigenvalue weighted by Crippen LogP contribution is 2.23. The van der Waals surface area contributed by atoms with E-state index < -0.39 is 61.1 Å². The van der Waals surface area contributed by atoms with Crippen molar-refractivity contribution in [3.05, 3.63) is 29.3 Å². The van der Waals surface area contributed by atoms with Crippen LogP contribution in [0.1, 0.15) is 134 Å². The third-order valence-corrected chi connectivity index (χ3v) is 8.71. The summed E-state index contributed by atoms with van der Waals surface area (Å²) in [6, 6.07) is 2.71. The van der Waals surface area contributed by atoms with Crippen LogP contribution in [0.15, 0.2) is 23.1 Å². The molecule has 0 radical (unpaired) electrons. The first-order valence-electron chi connectivity index (χ1n) is 19.0. The Morgan fingerprint density at radius 3 is 1.07 bits per heavy atom. The van der Waals surface area contributed by atoms with Gasteiger partial charge in [0, 0.05) is 41.9 Å². The van der Waals surface area contributed by atoms with Crippen LogP contribution in [0.3, 0.4) is 0 Å². The summed E-state index contributed by atoms with van der Waals surface area (Å²) in [5.74, 6) is -3.90. The quantitative estimate of drug-likeness (QED) is 0.0265. The number of rotatable bonds is 26. The van der Waals surface area contributed by atoms with Gasteiger partial charge in [-0.15, -0.1) is 0 Å². The third kappa shape index (κ3) is 23.3. The molecule has 0 aromatic heterocycles. The molecule has 1 rings (SSSR count). The van der Waals surface area contributed by atoms with Crippen LogP contribution in [0.25, 0.3) is 0 Å². The molecule has 0 heterocycles. The van der Waals surface area contributed by atoms with Gasteiger partial charge >= 0.3 is 35.8 Å². The topological polar surface area (TPSA) is 242 Å². The van der Waals surface area contributed by atoms with Gasteiger partial charge in [0.05, 0.1) is 62.3 Å². The number of hydrogen-bond donors (Lipinski definition) is 2. The van der Waals surface area contributed by atoms with E-state index in [9.17, 15) is 41.7 Å². The van der Waals surface area contributed by atoms with Crippen molar-refractivity contribution in [2.24, 2.45) is 21.7 Å². The standard InChI is InChI=1S/C40H62O17S/c1-37(2,3)21-51-31(41)14-10-11-15-32(42)52-22-38(4,5)25-55-35(45)28-18-29(20-30(19-28)58(48,49)50)36(46)56-26-39(6,7)23-53-33(43)16-12-13-17-34(44)54-24-40(8,9)27-57-47/h18-20,47H,10-17,21-27H2,1-9H3,(H,48,49,50). The maximum Gasteiger partial charge on any atom is 0.338 e. The first kappa shape index (κ1) is 51.9. The lowest BCUT2D eigenvalue weighted by Crippen LogP contribution is -2.29. The summed E-state index contributed by atoms with van der Waals surface area (Å²) in [7, 11) is -4.88. The fourth-order valence-electron chi connectivity index (χ4n) is 4.46. The Hall–Kier alpha value is -4.13. The highest BCUT2D eigenvalue weighted by atomic mass is 32.2. The summed E-state index contributed by atoms with van der Waals surface area (Å²) in [6.45, 7) is 15.5. The molecule has 0 aliphatic carbocycles. The fraction of sp³-hybridized carbons (Fsp3) is 0.700. The number of benzene rings is 1. The zero-order valence-electron chi connectivity index (χ0n) is 35.3. The highest BCUT2D eigenvalue weighted by molar-refractivity contribution is 7.85. The Morgan fingerprint density at radius 2 is 0.776 bits per heavy atom. The van der Waals surface area contributed by atoms with Crippen molar-refractivity contribution < 1.29 is 80.3 Å². The average Bonchev–Trinajstić information content (AvgIpc) is 3.12. The maximum absolute atomic E-state index is 13.0. The van der Waals surface area contributed by atoms with Crippen LogP contribution >= 0.6 is 0 Å². The largest absolute Gasteiger partial charge is 0.465 e. The van der Waals surface area contributed by atoms with Crippen molar-refractivity contribution in [3.8, 4) is 0 Å². The monoisotopic (exact) mass is 846 g/mol. The molecule has 17 nitrogen and oxygen atoms in total. The molecule has 0 bridgehead atoms. The molecule has 0 aliphatic rings. The molecule has 0 saturated carbocycles. The Bertz CT molecular complexity index is 1650. The van der Waals surface area contributed by atoms with Crippen molar-refractivity contribution in [1.29, 1.82) is 0 Å². The second kappa shape index (κ2) is 23.5. The van der Waals surface area contributed by atoms with Gasteiger partial charge in [0.15, 0.2) is 0 Å². The molecule has 0 aliphatic heterocycles. The minimum atomic E-state index is -4.88. The van der Waals surface area contributed by atoms with Crippen molar-refractivity contribution in [3.63, 3.8) is 0 Å². The van der Waals surface area contributed by atoms with E-state index in [2.05, 4.69) is 4.89 Å². The molecule has 0 atom stereocenters. The molecule has 0 amide bonds. The molecule has 18 heteroatoms. The van der Waals surface area contributed by atoms with E-state index in [4.69, 9.17) is 33.7 Å². The SMILES string of the molecule is CC(C)(C)COC(=O)CCCCC(=O)OCC(C)(C)COC(=O)c1cc(C(=O)OCC(C)(C)COC(=O)CCCCC(=O)OCC(C)(C)COO)cc(S(=O)(=O)O)c1. The van der Waals surface area contributed by atoms with E-state index in [1.807, 2.05) is 20.8 Å². The summed E-state index contributed by atoms with van der Waals surface area (Å²) in [6.07, 6.45) is 1.93. The van der Waals surface area contributed by atoms with Gasteiger partial charge in [-0.2, -0.15) is 8.42 Å². The summed E-state index contributed by atoms with van der Waals surface area (Å²) in [5.41, 5.74) is -3.23. The zero-order valence-corrected chi connectivity index (χ0v) is 36.1. The normalized spacial score (nSPS) is 12.3. The molecule has 0 unspecified atom stereocenters. The lowest BCUT2D eigenvalue weighted by atomic mass is 9.96. The average molecular weight is 847 g/mol. The minimum Gasteiger partial charge on any atom is -0.465 e. The van der Waals surface area contributed by atoms with Crippen molar-refractivity contribution in [2.45, 2.75) is 119 Å². The molecule has 0 saturated heterocycles. The number of carbonyl (C=O) groups excluding carboxylic acids is 6. The van der Waals surface area contributed by atoms with E-state index in [1.54, 1.807) is 41.5 Å². The fourth-order valence-corrected chi connectivity index (χ4v) is 5.01. The van der Waals surface area contributed by atoms with Gasteiger partial charge in [0.1, 0.15) is 0 Å². The number of hydrogen-bond acceptors (Lipinski definition) is 16. The molecule has 58 heavy (non-hydrogen) atoms.